The van der Waals surface area contributed by atoms with Gasteiger partial charge in [0.05, 0.1) is 11.6 Å². The minimum Gasteiger partial charge on any atom is -0.387 e. The lowest BCUT2D eigenvalue weighted by Gasteiger charge is -2.43. The molecule has 0 saturated carbocycles. The molecule has 2 N–H and O–H groups in total. The number of piperidine rings is 1. The summed E-state index contributed by atoms with van der Waals surface area (Å²) in [6.07, 6.45) is 1.21. The number of aliphatic hydroxyl groups excluding tert-OH is 1. The molecule has 4 heteroatoms. The van der Waals surface area contributed by atoms with Gasteiger partial charge >= 0.3 is 0 Å². The molecule has 25 heavy (non-hydrogen) atoms. The van der Waals surface area contributed by atoms with E-state index in [2.05, 4.69) is 22.3 Å². The molecule has 1 unspecified atom stereocenters. The number of carbonyl (C=O) groups excluding carboxylic acids is 1. The second-order valence-electron chi connectivity index (χ2n) is 6.86. The predicted molar refractivity (Wildman–Crippen MR) is 99.0 cm³/mol. The SMILES string of the molecule is CC(=O)NC1(c2ccccc2)CCN(CC(O)c2ccccc2)CC1. The Morgan fingerprint density at radius 1 is 1.08 bits per heavy atom. The zero-order chi connectivity index (χ0) is 17.7. The Hall–Kier alpha value is -2.17. The number of carbonyl (C=O) groups is 1. The Morgan fingerprint density at radius 3 is 2.20 bits per heavy atom. The summed E-state index contributed by atoms with van der Waals surface area (Å²) < 4.78 is 0. The van der Waals surface area contributed by atoms with E-state index >= 15 is 0 Å². The average Bonchev–Trinajstić information content (AvgIpc) is 2.64. The van der Waals surface area contributed by atoms with Crippen LogP contribution in [0.2, 0.25) is 0 Å². The van der Waals surface area contributed by atoms with E-state index in [1.54, 1.807) is 6.92 Å². The molecule has 1 amide bonds. The Kier molecular flexibility index (Phi) is 5.51. The summed E-state index contributed by atoms with van der Waals surface area (Å²) in [6.45, 7) is 3.89. The third-order valence-corrected chi connectivity index (χ3v) is 5.07. The highest BCUT2D eigenvalue weighted by Gasteiger charge is 2.37. The number of nitrogens with one attached hydrogen (secondary N) is 1. The van der Waals surface area contributed by atoms with E-state index in [9.17, 15) is 9.90 Å². The fraction of sp³-hybridized carbons (Fsp3) is 0.381. The molecule has 0 bridgehead atoms. The summed E-state index contributed by atoms with van der Waals surface area (Å²) in [7, 11) is 0. The molecule has 132 valence electrons. The van der Waals surface area contributed by atoms with E-state index in [-0.39, 0.29) is 11.4 Å². The molecule has 4 nitrogen and oxygen atoms in total. The molecule has 1 saturated heterocycles. The fourth-order valence-corrected chi connectivity index (χ4v) is 3.72. The van der Waals surface area contributed by atoms with Crippen LogP contribution in [0.25, 0.3) is 0 Å². The second-order valence-corrected chi connectivity index (χ2v) is 6.86. The van der Waals surface area contributed by atoms with Crippen LogP contribution in [-0.2, 0) is 10.3 Å². The highest BCUT2D eigenvalue weighted by atomic mass is 16.3. The molecule has 3 rings (SSSR count). The lowest BCUT2D eigenvalue weighted by Crippen LogP contribution is -2.53. The van der Waals surface area contributed by atoms with Gasteiger partial charge < -0.3 is 15.3 Å². The maximum absolute atomic E-state index is 11.8. The number of β-amino-alcohol motifs (C(OH)–C–C–N with tert-alkyl or cyclic N) is 1. The first-order chi connectivity index (χ1) is 12.1. The molecule has 2 aromatic rings. The van der Waals surface area contributed by atoms with Gasteiger partial charge in [0.1, 0.15) is 0 Å². The van der Waals surface area contributed by atoms with Gasteiger partial charge in [-0.15, -0.1) is 0 Å². The fourth-order valence-electron chi connectivity index (χ4n) is 3.72. The van der Waals surface area contributed by atoms with Gasteiger partial charge in [0.2, 0.25) is 5.91 Å². The Bertz CT molecular complexity index is 680. The number of likely N-dealkylation sites (tertiary alicyclic amines) is 1. The molecule has 1 atom stereocenters. The molecule has 1 aliphatic rings. The first-order valence-electron chi connectivity index (χ1n) is 8.89. The minimum atomic E-state index is -0.480. The first-order valence-corrected chi connectivity index (χ1v) is 8.89. The zero-order valence-electron chi connectivity index (χ0n) is 14.7. The van der Waals surface area contributed by atoms with Gasteiger partial charge in [-0.2, -0.15) is 0 Å². The van der Waals surface area contributed by atoms with Crippen molar-refractivity contribution in [3.05, 3.63) is 71.8 Å². The topological polar surface area (TPSA) is 52.6 Å². The summed E-state index contributed by atoms with van der Waals surface area (Å²) in [5.74, 6) is 0.00150. The second kappa shape index (κ2) is 7.81. The molecule has 2 aromatic carbocycles. The maximum Gasteiger partial charge on any atom is 0.217 e. The number of benzene rings is 2. The van der Waals surface area contributed by atoms with Crippen molar-refractivity contribution in [1.29, 1.82) is 0 Å². The molecule has 1 fully saturated rings. The standard InChI is InChI=1S/C21H26N2O2/c1-17(24)22-21(19-10-6-3-7-11-19)12-14-23(15-13-21)16-20(25)18-8-4-2-5-9-18/h2-11,20,25H,12-16H2,1H3,(H,22,24). The summed E-state index contributed by atoms with van der Waals surface area (Å²) in [6, 6.07) is 20.0. The zero-order valence-corrected chi connectivity index (χ0v) is 14.7. The van der Waals surface area contributed by atoms with Crippen molar-refractivity contribution in [2.75, 3.05) is 19.6 Å². The highest BCUT2D eigenvalue weighted by molar-refractivity contribution is 5.74. The molecular weight excluding hydrogens is 312 g/mol. The lowest BCUT2D eigenvalue weighted by molar-refractivity contribution is -0.121. The smallest absolute Gasteiger partial charge is 0.217 e. The van der Waals surface area contributed by atoms with Crippen LogP contribution in [0.5, 0.6) is 0 Å². The maximum atomic E-state index is 11.8. The highest BCUT2D eigenvalue weighted by Crippen LogP contribution is 2.33. The minimum absolute atomic E-state index is 0.00150. The van der Waals surface area contributed by atoms with Crippen LogP contribution >= 0.6 is 0 Å². The predicted octanol–water partition coefficient (Wildman–Crippen LogP) is 2.85. The van der Waals surface area contributed by atoms with Crippen molar-refractivity contribution in [3.8, 4) is 0 Å². The third-order valence-electron chi connectivity index (χ3n) is 5.07. The van der Waals surface area contributed by atoms with Crippen LogP contribution in [0.1, 0.15) is 37.0 Å². The number of rotatable bonds is 5. The van der Waals surface area contributed by atoms with E-state index in [0.29, 0.717) is 6.54 Å². The number of amides is 1. The first kappa shape index (κ1) is 17.6. The number of aliphatic hydroxyl groups is 1. The van der Waals surface area contributed by atoms with Crippen molar-refractivity contribution in [2.24, 2.45) is 0 Å². The molecule has 0 aromatic heterocycles. The number of hydrogen-bond acceptors (Lipinski definition) is 3. The Morgan fingerprint density at radius 2 is 1.64 bits per heavy atom. The van der Waals surface area contributed by atoms with Crippen molar-refractivity contribution in [3.63, 3.8) is 0 Å². The molecule has 0 aliphatic carbocycles. The monoisotopic (exact) mass is 338 g/mol. The van der Waals surface area contributed by atoms with Gasteiger partial charge in [0, 0.05) is 26.6 Å². The Balaban J connectivity index is 1.67. The molecule has 0 spiro atoms. The van der Waals surface area contributed by atoms with Crippen molar-refractivity contribution in [2.45, 2.75) is 31.4 Å². The molecule has 1 heterocycles. The van der Waals surface area contributed by atoms with Crippen LogP contribution in [0, 0.1) is 0 Å². The molecule has 0 radical (unpaired) electrons. The molecule has 1 aliphatic heterocycles. The van der Waals surface area contributed by atoms with Crippen molar-refractivity contribution in [1.82, 2.24) is 10.2 Å². The van der Waals surface area contributed by atoms with E-state index in [1.807, 2.05) is 48.5 Å². The van der Waals surface area contributed by atoms with Gasteiger partial charge in [-0.05, 0) is 24.0 Å². The van der Waals surface area contributed by atoms with Crippen LogP contribution in [0.3, 0.4) is 0 Å². The van der Waals surface area contributed by atoms with Crippen LogP contribution in [0.15, 0.2) is 60.7 Å². The van der Waals surface area contributed by atoms with Crippen LogP contribution < -0.4 is 5.32 Å². The van der Waals surface area contributed by atoms with E-state index in [0.717, 1.165) is 37.1 Å². The summed E-state index contributed by atoms with van der Waals surface area (Å²) in [5, 5.41) is 13.6. The van der Waals surface area contributed by atoms with Gasteiger partial charge in [-0.25, -0.2) is 0 Å². The Labute approximate surface area is 149 Å². The third kappa shape index (κ3) is 4.27. The van der Waals surface area contributed by atoms with Gasteiger partial charge in [0.25, 0.3) is 0 Å². The van der Waals surface area contributed by atoms with Gasteiger partial charge in [-0.1, -0.05) is 60.7 Å². The van der Waals surface area contributed by atoms with Crippen molar-refractivity contribution < 1.29 is 9.90 Å². The summed E-state index contributed by atoms with van der Waals surface area (Å²) in [4.78, 5) is 14.0. The number of nitrogens with zero attached hydrogens (tertiary/aromatic N) is 1. The van der Waals surface area contributed by atoms with Crippen LogP contribution in [0.4, 0.5) is 0 Å². The van der Waals surface area contributed by atoms with E-state index in [4.69, 9.17) is 0 Å². The number of hydrogen-bond donors (Lipinski definition) is 2. The summed E-state index contributed by atoms with van der Waals surface area (Å²) in [5.41, 5.74) is 1.80. The largest absolute Gasteiger partial charge is 0.387 e. The van der Waals surface area contributed by atoms with Gasteiger partial charge in [-0.3, -0.25) is 4.79 Å². The normalized spacial score (nSPS) is 18.5. The van der Waals surface area contributed by atoms with Crippen molar-refractivity contribution >= 4 is 5.91 Å². The van der Waals surface area contributed by atoms with E-state index in [1.165, 1.54) is 0 Å². The van der Waals surface area contributed by atoms with E-state index < -0.39 is 6.10 Å². The summed E-state index contributed by atoms with van der Waals surface area (Å²) >= 11 is 0. The van der Waals surface area contributed by atoms with Crippen LogP contribution in [-0.4, -0.2) is 35.5 Å². The average molecular weight is 338 g/mol. The van der Waals surface area contributed by atoms with Gasteiger partial charge in [0.15, 0.2) is 0 Å². The quantitative estimate of drug-likeness (QED) is 0.881. The molecular formula is C21H26N2O2. The lowest BCUT2D eigenvalue weighted by atomic mass is 9.80.